The van der Waals surface area contributed by atoms with E-state index in [1.54, 1.807) is 6.07 Å². The first kappa shape index (κ1) is 15.3. The first-order valence-corrected chi connectivity index (χ1v) is 7.20. The van der Waals surface area contributed by atoms with Crippen molar-refractivity contribution in [3.8, 4) is 0 Å². The predicted octanol–water partition coefficient (Wildman–Crippen LogP) is 2.24. The smallest absolute Gasteiger partial charge is 0.317 e. The summed E-state index contributed by atoms with van der Waals surface area (Å²) in [4.78, 5) is 10.8. The van der Waals surface area contributed by atoms with Crippen LogP contribution in [0.1, 0.15) is 5.56 Å². The van der Waals surface area contributed by atoms with Crippen LogP contribution in [-0.4, -0.2) is 13.0 Å². The lowest BCUT2D eigenvalue weighted by Crippen LogP contribution is -2.26. The van der Waals surface area contributed by atoms with Gasteiger partial charge in [0.25, 0.3) is 5.56 Å². The number of aromatic nitrogens is 1. The Bertz CT molecular complexity index is 824. The lowest BCUT2D eigenvalue weighted by Gasteiger charge is -2.11. The quantitative estimate of drug-likeness (QED) is 0.853. The summed E-state index contributed by atoms with van der Waals surface area (Å²) in [7, 11) is -3.24. The zero-order chi connectivity index (χ0) is 15.8. The molecule has 0 amide bonds. The molecule has 1 heterocycles. The fourth-order valence-electron chi connectivity index (χ4n) is 1.76. The number of nitrogens with zero attached hydrogens (tertiary/aromatic N) is 1. The molecule has 4 nitrogen and oxygen atoms in total. The van der Waals surface area contributed by atoms with Crippen LogP contribution in [0.15, 0.2) is 57.2 Å². The summed E-state index contributed by atoms with van der Waals surface area (Å²) in [5.74, 6) is 0. The van der Waals surface area contributed by atoms with E-state index in [1.807, 2.05) is 0 Å². The van der Waals surface area contributed by atoms with Gasteiger partial charge in [-0.15, -0.1) is 0 Å². The van der Waals surface area contributed by atoms with E-state index in [4.69, 9.17) is 0 Å². The van der Waals surface area contributed by atoms with Crippen LogP contribution in [0.25, 0.3) is 0 Å². The number of rotatable bonds is 2. The van der Waals surface area contributed by atoms with Gasteiger partial charge in [-0.2, -0.15) is 13.2 Å². The summed E-state index contributed by atoms with van der Waals surface area (Å²) in [6.45, 7) is 0. The molecule has 0 saturated carbocycles. The van der Waals surface area contributed by atoms with Gasteiger partial charge in [-0.1, -0.05) is 18.2 Å². The monoisotopic (exact) mass is 317 g/mol. The number of aryl methyl sites for hydroxylation is 1. The third-order valence-electron chi connectivity index (χ3n) is 2.82. The molecule has 0 aliphatic rings. The summed E-state index contributed by atoms with van der Waals surface area (Å²) >= 11 is 0. The van der Waals surface area contributed by atoms with Gasteiger partial charge in [-0.05, 0) is 18.2 Å². The molecule has 2 rings (SSSR count). The van der Waals surface area contributed by atoms with Crippen molar-refractivity contribution in [1.82, 2.24) is 4.57 Å². The maximum absolute atomic E-state index is 12.8. The van der Waals surface area contributed by atoms with Crippen molar-refractivity contribution in [2.24, 2.45) is 7.05 Å². The highest BCUT2D eigenvalue weighted by atomic mass is 32.2. The maximum Gasteiger partial charge on any atom is 0.417 e. The Hall–Kier alpha value is -2.09. The highest BCUT2D eigenvalue weighted by Crippen LogP contribution is 2.30. The average Bonchev–Trinajstić information content (AvgIpc) is 2.41. The van der Waals surface area contributed by atoms with Gasteiger partial charge in [0.2, 0.25) is 9.84 Å². The van der Waals surface area contributed by atoms with Crippen LogP contribution in [0.5, 0.6) is 0 Å². The molecule has 2 aromatic rings. The molecule has 0 aliphatic carbocycles. The third-order valence-corrected chi connectivity index (χ3v) is 4.59. The number of benzene rings is 1. The summed E-state index contributed by atoms with van der Waals surface area (Å²) in [5, 5.41) is 0. The van der Waals surface area contributed by atoms with Crippen LogP contribution < -0.4 is 5.56 Å². The molecule has 0 atom stereocenters. The Kier molecular flexibility index (Phi) is 3.66. The first-order valence-electron chi connectivity index (χ1n) is 5.72. The normalized spacial score (nSPS) is 12.4. The number of halogens is 3. The van der Waals surface area contributed by atoms with E-state index >= 15 is 0 Å². The van der Waals surface area contributed by atoms with E-state index < -0.39 is 32.0 Å². The van der Waals surface area contributed by atoms with Crippen molar-refractivity contribution < 1.29 is 21.6 Å². The van der Waals surface area contributed by atoms with Gasteiger partial charge in [0.05, 0.1) is 10.5 Å². The second-order valence-electron chi connectivity index (χ2n) is 4.32. The van der Waals surface area contributed by atoms with Crippen molar-refractivity contribution >= 4 is 9.84 Å². The molecular formula is C13H10F3NO3S. The van der Waals surface area contributed by atoms with Crippen LogP contribution in [0, 0.1) is 0 Å². The van der Waals surface area contributed by atoms with Crippen molar-refractivity contribution in [3.05, 3.63) is 58.5 Å². The fourth-order valence-corrected chi connectivity index (χ4v) is 3.18. The second-order valence-corrected chi connectivity index (χ2v) is 6.24. The molecule has 0 radical (unpaired) electrons. The molecule has 8 heteroatoms. The molecule has 21 heavy (non-hydrogen) atoms. The molecule has 0 fully saturated rings. The molecule has 0 aliphatic heterocycles. The Morgan fingerprint density at radius 3 is 2.19 bits per heavy atom. The number of hydrogen-bond donors (Lipinski definition) is 0. The highest BCUT2D eigenvalue weighted by molar-refractivity contribution is 7.91. The van der Waals surface area contributed by atoms with Crippen molar-refractivity contribution in [2.45, 2.75) is 16.0 Å². The van der Waals surface area contributed by atoms with E-state index in [-0.39, 0.29) is 4.90 Å². The molecular weight excluding hydrogens is 307 g/mol. The molecule has 0 saturated heterocycles. The molecule has 0 spiro atoms. The Morgan fingerprint density at radius 2 is 1.67 bits per heavy atom. The van der Waals surface area contributed by atoms with Crippen molar-refractivity contribution in [1.29, 1.82) is 0 Å². The SMILES string of the molecule is Cn1cc(C(F)(F)F)cc(S(=O)(=O)c2ccccc2)c1=O. The van der Waals surface area contributed by atoms with Gasteiger partial charge in [-0.3, -0.25) is 4.79 Å². The lowest BCUT2D eigenvalue weighted by atomic mass is 10.3. The summed E-state index contributed by atoms with van der Waals surface area (Å²) < 4.78 is 63.5. The van der Waals surface area contributed by atoms with E-state index in [0.717, 1.165) is 7.05 Å². The topological polar surface area (TPSA) is 56.1 Å². The molecule has 112 valence electrons. The van der Waals surface area contributed by atoms with E-state index in [9.17, 15) is 26.4 Å². The van der Waals surface area contributed by atoms with Crippen LogP contribution in [0.4, 0.5) is 13.2 Å². The number of hydrogen-bond acceptors (Lipinski definition) is 3. The van der Waals surface area contributed by atoms with Gasteiger partial charge in [0.15, 0.2) is 0 Å². The molecule has 0 N–H and O–H groups in total. The summed E-state index contributed by atoms with van der Waals surface area (Å²) in [6.07, 6.45) is -4.18. The van der Waals surface area contributed by atoms with Gasteiger partial charge in [0.1, 0.15) is 4.90 Å². The largest absolute Gasteiger partial charge is 0.417 e. The summed E-state index contributed by atoms with van der Waals surface area (Å²) in [6, 6.07) is 7.20. The van der Waals surface area contributed by atoms with E-state index in [0.29, 0.717) is 16.8 Å². The van der Waals surface area contributed by atoms with E-state index in [2.05, 4.69) is 0 Å². The minimum Gasteiger partial charge on any atom is -0.317 e. The van der Waals surface area contributed by atoms with Crippen LogP contribution in [0.3, 0.4) is 0 Å². The highest BCUT2D eigenvalue weighted by Gasteiger charge is 2.34. The van der Waals surface area contributed by atoms with Gasteiger partial charge < -0.3 is 4.57 Å². The zero-order valence-corrected chi connectivity index (χ0v) is 11.6. The standard InChI is InChI=1S/C13H10F3NO3S/c1-17-8-9(13(14,15)16)7-11(12(17)18)21(19,20)10-5-3-2-4-6-10/h2-8H,1H3. The predicted molar refractivity (Wildman–Crippen MR) is 68.6 cm³/mol. The fraction of sp³-hybridized carbons (Fsp3) is 0.154. The van der Waals surface area contributed by atoms with Gasteiger partial charge >= 0.3 is 6.18 Å². The Morgan fingerprint density at radius 1 is 1.10 bits per heavy atom. The molecule has 1 aromatic heterocycles. The van der Waals surface area contributed by atoms with Crippen LogP contribution in [0.2, 0.25) is 0 Å². The molecule has 0 unspecified atom stereocenters. The minimum atomic E-state index is -4.74. The Balaban J connectivity index is 2.76. The number of alkyl halides is 3. The minimum absolute atomic E-state index is 0.235. The van der Waals surface area contributed by atoms with Crippen LogP contribution in [-0.2, 0) is 23.1 Å². The summed E-state index contributed by atoms with van der Waals surface area (Å²) in [5.41, 5.74) is -2.20. The van der Waals surface area contributed by atoms with Crippen LogP contribution >= 0.6 is 0 Å². The van der Waals surface area contributed by atoms with E-state index in [1.165, 1.54) is 24.3 Å². The van der Waals surface area contributed by atoms with Crippen molar-refractivity contribution in [2.75, 3.05) is 0 Å². The Labute approximate surface area is 118 Å². The van der Waals surface area contributed by atoms with Gasteiger partial charge in [0, 0.05) is 13.2 Å². The molecule has 0 bridgehead atoms. The maximum atomic E-state index is 12.8. The van der Waals surface area contributed by atoms with Crippen molar-refractivity contribution in [3.63, 3.8) is 0 Å². The number of pyridine rings is 1. The average molecular weight is 317 g/mol. The third kappa shape index (κ3) is 2.85. The lowest BCUT2D eigenvalue weighted by molar-refractivity contribution is -0.138. The first-order chi connectivity index (χ1) is 9.64. The second kappa shape index (κ2) is 5.03. The number of sulfone groups is 1. The van der Waals surface area contributed by atoms with Gasteiger partial charge in [-0.25, -0.2) is 8.42 Å². The molecule has 1 aromatic carbocycles. The zero-order valence-electron chi connectivity index (χ0n) is 10.8.